The molecule has 0 amide bonds. The van der Waals surface area contributed by atoms with E-state index in [-0.39, 0.29) is 6.42 Å². The zero-order chi connectivity index (χ0) is 13.6. The molecule has 0 aliphatic carbocycles. The van der Waals surface area contributed by atoms with Crippen molar-refractivity contribution in [3.05, 3.63) is 29.8 Å². The first kappa shape index (κ1) is 14.9. The number of aryl methyl sites for hydroxylation is 1. The standard InChI is InChI=1S/C13H19O4P/c1-3-17-18(16,4-2)12-8-5-11(6-9-12)7-10-13(14)15/h5-6,8-9H,3-4,7,10H2,1-2H3,(H,14,15). The Labute approximate surface area is 107 Å². The molecule has 0 fully saturated rings. The van der Waals surface area contributed by atoms with Crippen LogP contribution in [0.1, 0.15) is 25.8 Å². The van der Waals surface area contributed by atoms with Crippen LogP contribution in [0.4, 0.5) is 0 Å². The molecule has 18 heavy (non-hydrogen) atoms. The summed E-state index contributed by atoms with van der Waals surface area (Å²) in [6.07, 6.45) is 1.06. The Balaban J connectivity index is 2.81. The number of hydrogen-bond donors (Lipinski definition) is 1. The number of rotatable bonds is 7. The van der Waals surface area contributed by atoms with Crippen molar-refractivity contribution in [3.63, 3.8) is 0 Å². The van der Waals surface area contributed by atoms with Gasteiger partial charge in [-0.1, -0.05) is 19.1 Å². The third-order valence-corrected chi connectivity index (χ3v) is 5.30. The normalized spacial score (nSPS) is 14.1. The Kier molecular flexibility index (Phi) is 5.57. The van der Waals surface area contributed by atoms with Crippen LogP contribution in [0.5, 0.6) is 0 Å². The fraction of sp³-hybridized carbons (Fsp3) is 0.462. The Bertz CT molecular complexity index is 439. The van der Waals surface area contributed by atoms with E-state index in [2.05, 4.69) is 0 Å². The largest absolute Gasteiger partial charge is 0.481 e. The average Bonchev–Trinajstić information content (AvgIpc) is 2.37. The molecule has 0 aliphatic rings. The molecule has 5 heteroatoms. The monoisotopic (exact) mass is 270 g/mol. The Morgan fingerprint density at radius 1 is 1.28 bits per heavy atom. The molecule has 0 radical (unpaired) electrons. The highest BCUT2D eigenvalue weighted by Gasteiger charge is 2.22. The van der Waals surface area contributed by atoms with Gasteiger partial charge in [-0.2, -0.15) is 0 Å². The molecular formula is C13H19O4P. The molecular weight excluding hydrogens is 251 g/mol. The molecule has 1 atom stereocenters. The van der Waals surface area contributed by atoms with E-state index in [1.54, 1.807) is 12.1 Å². The molecule has 1 aromatic rings. The molecule has 0 aromatic heterocycles. The van der Waals surface area contributed by atoms with Gasteiger partial charge in [-0.15, -0.1) is 0 Å². The van der Waals surface area contributed by atoms with Crippen molar-refractivity contribution in [1.82, 2.24) is 0 Å². The molecule has 0 saturated carbocycles. The minimum absolute atomic E-state index is 0.107. The molecule has 0 aliphatic heterocycles. The van der Waals surface area contributed by atoms with Crippen LogP contribution in [0.25, 0.3) is 0 Å². The topological polar surface area (TPSA) is 63.6 Å². The Hall–Kier alpha value is -1.12. The molecule has 100 valence electrons. The lowest BCUT2D eigenvalue weighted by molar-refractivity contribution is -0.136. The third-order valence-electron chi connectivity index (χ3n) is 2.71. The number of carboxylic acids is 1. The van der Waals surface area contributed by atoms with Gasteiger partial charge in [-0.25, -0.2) is 0 Å². The third kappa shape index (κ3) is 3.97. The van der Waals surface area contributed by atoms with Crippen molar-refractivity contribution < 1.29 is 19.0 Å². The van der Waals surface area contributed by atoms with Crippen LogP contribution in [-0.2, 0) is 20.3 Å². The smallest absolute Gasteiger partial charge is 0.303 e. The van der Waals surface area contributed by atoms with Gasteiger partial charge in [0.2, 0.25) is 7.37 Å². The van der Waals surface area contributed by atoms with E-state index in [9.17, 15) is 9.36 Å². The van der Waals surface area contributed by atoms with Crippen molar-refractivity contribution in [2.45, 2.75) is 26.7 Å². The first-order valence-electron chi connectivity index (χ1n) is 6.06. The van der Waals surface area contributed by atoms with Crippen LogP contribution in [0, 0.1) is 0 Å². The van der Waals surface area contributed by atoms with Gasteiger partial charge in [0.1, 0.15) is 0 Å². The molecule has 0 bridgehead atoms. The molecule has 0 saturated heterocycles. The summed E-state index contributed by atoms with van der Waals surface area (Å²) in [5.74, 6) is -0.812. The molecule has 1 rings (SSSR count). The maximum atomic E-state index is 12.4. The van der Waals surface area contributed by atoms with Crippen LogP contribution in [0.3, 0.4) is 0 Å². The van der Waals surface area contributed by atoms with Gasteiger partial charge >= 0.3 is 5.97 Å². The van der Waals surface area contributed by atoms with Crippen molar-refractivity contribution in [3.8, 4) is 0 Å². The van der Waals surface area contributed by atoms with E-state index in [1.165, 1.54) is 0 Å². The highest BCUT2D eigenvalue weighted by molar-refractivity contribution is 7.66. The lowest BCUT2D eigenvalue weighted by Crippen LogP contribution is -2.10. The molecule has 1 aromatic carbocycles. The first-order chi connectivity index (χ1) is 8.51. The van der Waals surface area contributed by atoms with Gasteiger partial charge in [0.25, 0.3) is 0 Å². The van der Waals surface area contributed by atoms with Crippen molar-refractivity contribution >= 4 is 18.6 Å². The fourth-order valence-electron chi connectivity index (χ4n) is 1.70. The molecule has 4 nitrogen and oxygen atoms in total. The van der Waals surface area contributed by atoms with E-state index in [0.29, 0.717) is 24.5 Å². The summed E-state index contributed by atoms with van der Waals surface area (Å²) < 4.78 is 17.8. The number of benzene rings is 1. The Morgan fingerprint density at radius 3 is 2.33 bits per heavy atom. The predicted molar refractivity (Wildman–Crippen MR) is 71.8 cm³/mol. The van der Waals surface area contributed by atoms with E-state index in [0.717, 1.165) is 5.56 Å². The van der Waals surface area contributed by atoms with Crippen LogP contribution in [0.15, 0.2) is 24.3 Å². The number of hydrogen-bond acceptors (Lipinski definition) is 3. The average molecular weight is 270 g/mol. The summed E-state index contributed by atoms with van der Waals surface area (Å²) >= 11 is 0. The minimum atomic E-state index is -2.73. The van der Waals surface area contributed by atoms with E-state index in [4.69, 9.17) is 9.63 Å². The summed E-state index contributed by atoms with van der Waals surface area (Å²) in [6.45, 7) is 4.09. The zero-order valence-corrected chi connectivity index (χ0v) is 11.7. The number of carboxylic acid groups (broad SMARTS) is 1. The lowest BCUT2D eigenvalue weighted by Gasteiger charge is -2.16. The second-order valence-corrected chi connectivity index (χ2v) is 6.72. The molecule has 0 spiro atoms. The van der Waals surface area contributed by atoms with Crippen LogP contribution in [0.2, 0.25) is 0 Å². The number of aliphatic carboxylic acids is 1. The SMILES string of the molecule is CCOP(=O)(CC)c1ccc(CCC(=O)O)cc1. The lowest BCUT2D eigenvalue weighted by atomic mass is 10.1. The van der Waals surface area contributed by atoms with Gasteiger partial charge in [-0.05, 0) is 31.0 Å². The zero-order valence-electron chi connectivity index (χ0n) is 10.8. The van der Waals surface area contributed by atoms with Crippen LogP contribution < -0.4 is 5.30 Å². The summed E-state index contributed by atoms with van der Waals surface area (Å²) in [6, 6.07) is 7.19. The van der Waals surface area contributed by atoms with E-state index >= 15 is 0 Å². The maximum absolute atomic E-state index is 12.4. The van der Waals surface area contributed by atoms with Crippen molar-refractivity contribution in [2.24, 2.45) is 0 Å². The van der Waals surface area contributed by atoms with E-state index < -0.39 is 13.3 Å². The summed E-state index contributed by atoms with van der Waals surface area (Å²) in [5, 5.41) is 9.30. The predicted octanol–water partition coefficient (Wildman–Crippen LogP) is 2.66. The molecule has 0 heterocycles. The van der Waals surface area contributed by atoms with Gasteiger partial charge in [0.15, 0.2) is 0 Å². The highest BCUT2D eigenvalue weighted by Crippen LogP contribution is 2.44. The second-order valence-electron chi connectivity index (χ2n) is 3.97. The summed E-state index contributed by atoms with van der Waals surface area (Å²) in [7, 11) is -2.73. The van der Waals surface area contributed by atoms with Crippen LogP contribution >= 0.6 is 7.37 Å². The Morgan fingerprint density at radius 2 is 1.89 bits per heavy atom. The maximum Gasteiger partial charge on any atom is 0.303 e. The van der Waals surface area contributed by atoms with Gasteiger partial charge in [0.05, 0.1) is 6.61 Å². The first-order valence-corrected chi connectivity index (χ1v) is 7.87. The summed E-state index contributed by atoms with van der Waals surface area (Å²) in [4.78, 5) is 10.5. The van der Waals surface area contributed by atoms with E-state index in [1.807, 2.05) is 26.0 Å². The van der Waals surface area contributed by atoms with Gasteiger partial charge < -0.3 is 9.63 Å². The number of carbonyl (C=O) groups is 1. The van der Waals surface area contributed by atoms with Gasteiger partial charge in [0, 0.05) is 17.9 Å². The quantitative estimate of drug-likeness (QED) is 0.774. The fourth-order valence-corrected chi connectivity index (χ4v) is 3.42. The molecule has 1 N–H and O–H groups in total. The van der Waals surface area contributed by atoms with Gasteiger partial charge in [-0.3, -0.25) is 9.36 Å². The minimum Gasteiger partial charge on any atom is -0.481 e. The van der Waals surface area contributed by atoms with Crippen molar-refractivity contribution in [1.29, 1.82) is 0 Å². The second kappa shape index (κ2) is 6.72. The summed E-state index contributed by atoms with van der Waals surface area (Å²) in [5.41, 5.74) is 0.931. The van der Waals surface area contributed by atoms with Crippen LogP contribution in [-0.4, -0.2) is 23.8 Å². The molecule has 1 unspecified atom stereocenters. The highest BCUT2D eigenvalue weighted by atomic mass is 31.2. The van der Waals surface area contributed by atoms with Crippen molar-refractivity contribution in [2.75, 3.05) is 12.8 Å².